The highest BCUT2D eigenvalue weighted by Gasteiger charge is 2.01. The number of nitrogens with zero attached hydrogens (tertiary/aromatic N) is 1. The summed E-state index contributed by atoms with van der Waals surface area (Å²) in [6, 6.07) is 13.8. The topological polar surface area (TPSA) is 58.2 Å². The Morgan fingerprint density at radius 3 is 2.95 bits per heavy atom. The average molecular weight is 382 g/mol. The smallest absolute Gasteiger partial charge is 0.164 e. The van der Waals surface area contributed by atoms with Gasteiger partial charge in [-0.1, -0.05) is 6.07 Å². The molecule has 0 saturated heterocycles. The number of rotatable bonds is 7. The van der Waals surface area contributed by atoms with Crippen LogP contribution < -0.4 is 10.1 Å². The molecule has 1 N–H and O–H groups in total. The van der Waals surface area contributed by atoms with E-state index in [0.717, 1.165) is 27.4 Å². The summed E-state index contributed by atoms with van der Waals surface area (Å²) in [5.74, 6) is 1.71. The Hall–Kier alpha value is -1.68. The molecule has 1 aromatic heterocycles. The van der Waals surface area contributed by atoms with Crippen LogP contribution in [0.4, 0.5) is 5.69 Å². The van der Waals surface area contributed by atoms with Crippen LogP contribution in [0.5, 0.6) is 5.75 Å². The van der Waals surface area contributed by atoms with E-state index in [9.17, 15) is 0 Å². The highest BCUT2D eigenvalue weighted by molar-refractivity contribution is 14.1. The van der Waals surface area contributed by atoms with Crippen LogP contribution in [-0.2, 0) is 6.54 Å². The van der Waals surface area contributed by atoms with Gasteiger partial charge in [0.2, 0.25) is 0 Å². The maximum atomic E-state index is 8.46. The molecule has 0 aliphatic rings. The molecule has 104 valence electrons. The third-order valence-electron chi connectivity index (χ3n) is 2.63. The lowest BCUT2D eigenvalue weighted by molar-refractivity contribution is 0.313. The quantitative estimate of drug-likeness (QED) is 0.577. The van der Waals surface area contributed by atoms with Crippen molar-refractivity contribution in [3.05, 3.63) is 45.9 Å². The van der Waals surface area contributed by atoms with E-state index >= 15 is 0 Å². The first-order valence-electron chi connectivity index (χ1n) is 6.36. The predicted octanol–water partition coefficient (Wildman–Crippen LogP) is 4.18. The summed E-state index contributed by atoms with van der Waals surface area (Å²) in [6.45, 7) is 1.20. The molecule has 0 amide bonds. The van der Waals surface area contributed by atoms with E-state index in [-0.39, 0.29) is 0 Å². The molecule has 0 saturated carbocycles. The molecule has 0 bridgehead atoms. The van der Waals surface area contributed by atoms with Gasteiger partial charge in [0, 0.05) is 18.2 Å². The van der Waals surface area contributed by atoms with E-state index in [0.29, 0.717) is 19.6 Å². The fraction of sp³-hybridized carbons (Fsp3) is 0.267. The zero-order valence-corrected chi connectivity index (χ0v) is 13.1. The van der Waals surface area contributed by atoms with Crippen molar-refractivity contribution in [3.8, 4) is 11.8 Å². The van der Waals surface area contributed by atoms with Gasteiger partial charge in [-0.05, 0) is 53.3 Å². The minimum atomic E-state index is 0.523. The van der Waals surface area contributed by atoms with Crippen molar-refractivity contribution in [2.75, 3.05) is 11.9 Å². The number of ether oxygens (including phenoxy) is 1. The molecule has 2 aromatic rings. The first-order valence-corrected chi connectivity index (χ1v) is 7.44. The Kier molecular flexibility index (Phi) is 5.74. The number of unbranched alkanes of at least 4 members (excludes halogenated alkanes) is 1. The summed E-state index contributed by atoms with van der Waals surface area (Å²) >= 11 is 2.14. The van der Waals surface area contributed by atoms with Crippen molar-refractivity contribution in [3.63, 3.8) is 0 Å². The van der Waals surface area contributed by atoms with Gasteiger partial charge >= 0.3 is 0 Å². The minimum absolute atomic E-state index is 0.523. The lowest BCUT2D eigenvalue weighted by Gasteiger charge is -2.08. The summed E-state index contributed by atoms with van der Waals surface area (Å²) in [5.41, 5.74) is 0.981. The van der Waals surface area contributed by atoms with Crippen LogP contribution in [0.2, 0.25) is 0 Å². The van der Waals surface area contributed by atoms with Crippen molar-refractivity contribution in [2.24, 2.45) is 0 Å². The van der Waals surface area contributed by atoms with E-state index < -0.39 is 0 Å². The van der Waals surface area contributed by atoms with E-state index in [1.807, 2.05) is 36.4 Å². The number of furan rings is 1. The van der Waals surface area contributed by atoms with Crippen LogP contribution in [0, 0.1) is 15.1 Å². The third kappa shape index (κ3) is 4.78. The average Bonchev–Trinajstić information content (AvgIpc) is 2.88. The molecule has 5 heteroatoms. The molecule has 4 nitrogen and oxygen atoms in total. The van der Waals surface area contributed by atoms with Crippen molar-refractivity contribution >= 4 is 28.3 Å². The van der Waals surface area contributed by atoms with Crippen molar-refractivity contribution < 1.29 is 9.15 Å². The molecule has 0 aliphatic heterocycles. The number of hydrogen-bond acceptors (Lipinski definition) is 4. The van der Waals surface area contributed by atoms with Crippen molar-refractivity contribution in [2.45, 2.75) is 19.4 Å². The van der Waals surface area contributed by atoms with Gasteiger partial charge in [-0.15, -0.1) is 0 Å². The molecule has 2 rings (SSSR count). The Labute approximate surface area is 131 Å². The highest BCUT2D eigenvalue weighted by atomic mass is 127. The lowest BCUT2D eigenvalue weighted by atomic mass is 10.3. The highest BCUT2D eigenvalue weighted by Crippen LogP contribution is 2.19. The summed E-state index contributed by atoms with van der Waals surface area (Å²) in [6.07, 6.45) is 1.27. The normalized spacial score (nSPS) is 10.0. The van der Waals surface area contributed by atoms with E-state index in [1.54, 1.807) is 0 Å². The number of nitrogens with one attached hydrogen (secondary N) is 1. The van der Waals surface area contributed by atoms with Crippen LogP contribution in [0.15, 0.2) is 40.8 Å². The van der Waals surface area contributed by atoms with Gasteiger partial charge in [0.05, 0.1) is 19.2 Å². The van der Waals surface area contributed by atoms with Crippen molar-refractivity contribution in [1.29, 1.82) is 5.26 Å². The fourth-order valence-corrected chi connectivity index (χ4v) is 2.14. The van der Waals surface area contributed by atoms with Gasteiger partial charge in [-0.25, -0.2) is 0 Å². The molecule has 0 fully saturated rings. The summed E-state index contributed by atoms with van der Waals surface area (Å²) in [5, 5.41) is 11.7. The maximum Gasteiger partial charge on any atom is 0.164 e. The molecule has 1 aromatic carbocycles. The predicted molar refractivity (Wildman–Crippen MR) is 85.5 cm³/mol. The van der Waals surface area contributed by atoms with Gasteiger partial charge < -0.3 is 14.5 Å². The van der Waals surface area contributed by atoms with Crippen LogP contribution in [-0.4, -0.2) is 6.61 Å². The molecular weight excluding hydrogens is 367 g/mol. The largest absolute Gasteiger partial charge is 0.493 e. The third-order valence-corrected chi connectivity index (χ3v) is 3.21. The Bertz CT molecular complexity index is 590. The first kappa shape index (κ1) is 14.7. The second-order valence-electron chi connectivity index (χ2n) is 4.20. The summed E-state index contributed by atoms with van der Waals surface area (Å²) in [4.78, 5) is 0. The Morgan fingerprint density at radius 1 is 1.30 bits per heavy atom. The van der Waals surface area contributed by atoms with Crippen LogP contribution in [0.3, 0.4) is 0 Å². The van der Waals surface area contributed by atoms with Crippen LogP contribution in [0.1, 0.15) is 18.6 Å². The monoisotopic (exact) mass is 382 g/mol. The number of anilines is 1. The van der Waals surface area contributed by atoms with Gasteiger partial charge in [0.25, 0.3) is 0 Å². The molecule has 0 atom stereocenters. The van der Waals surface area contributed by atoms with Crippen LogP contribution >= 0.6 is 22.6 Å². The second-order valence-corrected chi connectivity index (χ2v) is 5.26. The second kappa shape index (κ2) is 7.80. The van der Waals surface area contributed by atoms with Crippen LogP contribution in [0.25, 0.3) is 0 Å². The number of nitriles is 1. The Morgan fingerprint density at radius 2 is 2.20 bits per heavy atom. The standard InChI is InChI=1S/C15H15IN2O2/c16-15-7-6-14(20-15)11-18-12-4-3-5-13(10-12)19-9-2-1-8-17/h3-7,10,18H,1-2,9,11H2. The lowest BCUT2D eigenvalue weighted by Crippen LogP contribution is -2.00. The van der Waals surface area contributed by atoms with Gasteiger partial charge in [0.1, 0.15) is 11.5 Å². The molecule has 0 aliphatic carbocycles. The molecule has 0 radical (unpaired) electrons. The molecule has 20 heavy (non-hydrogen) atoms. The van der Waals surface area contributed by atoms with Gasteiger partial charge in [0.15, 0.2) is 3.77 Å². The Balaban J connectivity index is 1.84. The summed E-state index contributed by atoms with van der Waals surface area (Å²) < 4.78 is 12.0. The summed E-state index contributed by atoms with van der Waals surface area (Å²) in [7, 11) is 0. The fourth-order valence-electron chi connectivity index (χ4n) is 1.67. The van der Waals surface area contributed by atoms with Gasteiger partial charge in [-0.2, -0.15) is 5.26 Å². The first-order chi connectivity index (χ1) is 9.78. The molecular formula is C15H15IN2O2. The van der Waals surface area contributed by atoms with E-state index in [2.05, 4.69) is 34.0 Å². The molecule has 1 heterocycles. The van der Waals surface area contributed by atoms with Gasteiger partial charge in [-0.3, -0.25) is 0 Å². The number of halogens is 1. The van der Waals surface area contributed by atoms with E-state index in [4.69, 9.17) is 14.4 Å². The molecule has 0 spiro atoms. The minimum Gasteiger partial charge on any atom is -0.493 e. The SMILES string of the molecule is N#CCCCOc1cccc(NCc2ccc(I)o2)c1. The van der Waals surface area contributed by atoms with E-state index in [1.165, 1.54) is 0 Å². The molecule has 0 unspecified atom stereocenters. The van der Waals surface area contributed by atoms with Crippen molar-refractivity contribution in [1.82, 2.24) is 0 Å². The number of benzene rings is 1. The number of hydrogen-bond donors (Lipinski definition) is 1. The zero-order chi connectivity index (χ0) is 14.2. The maximum absolute atomic E-state index is 8.46. The zero-order valence-electron chi connectivity index (χ0n) is 10.9.